The van der Waals surface area contributed by atoms with Gasteiger partial charge in [-0.2, -0.15) is 0 Å². The Labute approximate surface area is 91.3 Å². The molecule has 3 heteroatoms. The third-order valence-electron chi connectivity index (χ3n) is 3.37. The van der Waals surface area contributed by atoms with Gasteiger partial charge < -0.3 is 9.73 Å². The number of hydrogen-bond donors (Lipinski definition) is 1. The minimum atomic E-state index is 0.219. The summed E-state index contributed by atoms with van der Waals surface area (Å²) in [5.41, 5.74) is 1.21. The molecule has 1 N–H and O–H groups in total. The molecule has 1 aliphatic carbocycles. The summed E-state index contributed by atoms with van der Waals surface area (Å²) in [4.78, 5) is 4.36. The van der Waals surface area contributed by atoms with Gasteiger partial charge in [-0.25, -0.2) is 4.98 Å². The van der Waals surface area contributed by atoms with Crippen molar-refractivity contribution in [2.75, 3.05) is 0 Å². The molecule has 1 fully saturated rings. The van der Waals surface area contributed by atoms with Crippen molar-refractivity contribution in [3.05, 3.63) is 17.3 Å². The molecule has 0 saturated heterocycles. The fourth-order valence-corrected chi connectivity index (χ4v) is 1.87. The van der Waals surface area contributed by atoms with Gasteiger partial charge in [-0.05, 0) is 46.5 Å². The number of nitrogens with zero attached hydrogens (tertiary/aromatic N) is 1. The lowest BCUT2D eigenvalue weighted by atomic mass is 9.99. The third kappa shape index (κ3) is 2.40. The van der Waals surface area contributed by atoms with E-state index in [4.69, 9.17) is 4.42 Å². The highest BCUT2D eigenvalue weighted by Gasteiger charge is 2.37. The summed E-state index contributed by atoms with van der Waals surface area (Å²) in [5, 5.41) is 3.52. The van der Waals surface area contributed by atoms with E-state index in [1.807, 2.05) is 13.8 Å². The van der Waals surface area contributed by atoms with Crippen molar-refractivity contribution >= 4 is 0 Å². The van der Waals surface area contributed by atoms with Gasteiger partial charge in [0.25, 0.3) is 0 Å². The molecule has 0 amide bonds. The van der Waals surface area contributed by atoms with Crippen molar-refractivity contribution in [2.45, 2.75) is 52.6 Å². The van der Waals surface area contributed by atoms with Crippen LogP contribution < -0.4 is 5.32 Å². The first-order chi connectivity index (χ1) is 6.99. The SMILES string of the molecule is Cc1nc(CNC(C)(C)C2CC2)oc1C. The van der Waals surface area contributed by atoms with Crippen LogP contribution in [-0.2, 0) is 6.54 Å². The summed E-state index contributed by atoms with van der Waals surface area (Å²) in [6.45, 7) is 9.19. The summed E-state index contributed by atoms with van der Waals surface area (Å²) in [6, 6.07) is 0. The predicted octanol–water partition coefficient (Wildman–Crippen LogP) is 2.57. The van der Waals surface area contributed by atoms with Crippen molar-refractivity contribution in [1.29, 1.82) is 0 Å². The maximum absolute atomic E-state index is 5.54. The van der Waals surface area contributed by atoms with Crippen molar-refractivity contribution in [3.8, 4) is 0 Å². The van der Waals surface area contributed by atoms with Gasteiger partial charge >= 0.3 is 0 Å². The molecule has 84 valence electrons. The first kappa shape index (κ1) is 10.7. The summed E-state index contributed by atoms with van der Waals surface area (Å²) in [5.74, 6) is 2.56. The molecule has 0 radical (unpaired) electrons. The van der Waals surface area contributed by atoms with E-state index in [0.717, 1.165) is 29.8 Å². The molecule has 1 aromatic rings. The van der Waals surface area contributed by atoms with E-state index >= 15 is 0 Å². The molecule has 1 aliphatic rings. The van der Waals surface area contributed by atoms with E-state index in [9.17, 15) is 0 Å². The van der Waals surface area contributed by atoms with Crippen LogP contribution in [0.1, 0.15) is 44.0 Å². The zero-order valence-electron chi connectivity index (χ0n) is 10.1. The van der Waals surface area contributed by atoms with E-state index < -0.39 is 0 Å². The zero-order valence-corrected chi connectivity index (χ0v) is 10.1. The van der Waals surface area contributed by atoms with Crippen LogP contribution in [0.5, 0.6) is 0 Å². The number of aryl methyl sites for hydroxylation is 2. The Bertz CT molecular complexity index is 331. The van der Waals surface area contributed by atoms with Crippen LogP contribution in [0.15, 0.2) is 4.42 Å². The van der Waals surface area contributed by atoms with Crippen LogP contribution in [0.4, 0.5) is 0 Å². The molecule has 1 aromatic heterocycles. The van der Waals surface area contributed by atoms with Crippen LogP contribution in [0.25, 0.3) is 0 Å². The number of oxazole rings is 1. The molecule has 1 heterocycles. The van der Waals surface area contributed by atoms with E-state index in [-0.39, 0.29) is 5.54 Å². The first-order valence-electron chi connectivity index (χ1n) is 5.67. The standard InChI is InChI=1S/C12H20N2O/c1-8-9(2)15-11(14-8)7-13-12(3,4)10-5-6-10/h10,13H,5-7H2,1-4H3. The normalized spacial score (nSPS) is 17.1. The maximum atomic E-state index is 5.54. The second-order valence-corrected chi connectivity index (χ2v) is 5.10. The lowest BCUT2D eigenvalue weighted by molar-refractivity contribution is 0.317. The Hall–Kier alpha value is -0.830. The molecular formula is C12H20N2O. The minimum absolute atomic E-state index is 0.219. The molecule has 3 nitrogen and oxygen atoms in total. The van der Waals surface area contributed by atoms with Crippen LogP contribution >= 0.6 is 0 Å². The molecule has 2 rings (SSSR count). The second-order valence-electron chi connectivity index (χ2n) is 5.10. The molecule has 1 saturated carbocycles. The van der Waals surface area contributed by atoms with E-state index in [1.54, 1.807) is 0 Å². The molecule has 0 aliphatic heterocycles. The quantitative estimate of drug-likeness (QED) is 0.826. The van der Waals surface area contributed by atoms with Crippen molar-refractivity contribution in [2.24, 2.45) is 5.92 Å². The highest BCUT2D eigenvalue weighted by Crippen LogP contribution is 2.39. The van der Waals surface area contributed by atoms with Crippen molar-refractivity contribution in [1.82, 2.24) is 10.3 Å². The summed E-state index contributed by atoms with van der Waals surface area (Å²) in [7, 11) is 0. The van der Waals surface area contributed by atoms with Crippen LogP contribution in [0.2, 0.25) is 0 Å². The largest absolute Gasteiger partial charge is 0.444 e. The Morgan fingerprint density at radius 1 is 1.40 bits per heavy atom. The molecule has 15 heavy (non-hydrogen) atoms. The van der Waals surface area contributed by atoms with Crippen molar-refractivity contribution < 1.29 is 4.42 Å². The Kier molecular flexibility index (Phi) is 2.59. The maximum Gasteiger partial charge on any atom is 0.208 e. The third-order valence-corrected chi connectivity index (χ3v) is 3.37. The van der Waals surface area contributed by atoms with Gasteiger partial charge in [0.15, 0.2) is 0 Å². The average Bonchev–Trinajstić information content (AvgIpc) is 2.93. The molecule has 0 bridgehead atoms. The monoisotopic (exact) mass is 208 g/mol. The summed E-state index contributed by atoms with van der Waals surface area (Å²) in [6.07, 6.45) is 2.70. The van der Waals surface area contributed by atoms with E-state index in [1.165, 1.54) is 12.8 Å². The Morgan fingerprint density at radius 3 is 2.53 bits per heavy atom. The molecule has 0 unspecified atom stereocenters. The molecule has 0 spiro atoms. The summed E-state index contributed by atoms with van der Waals surface area (Å²) < 4.78 is 5.54. The topological polar surface area (TPSA) is 38.1 Å². The fourth-order valence-electron chi connectivity index (χ4n) is 1.87. The van der Waals surface area contributed by atoms with Crippen LogP contribution in [-0.4, -0.2) is 10.5 Å². The zero-order chi connectivity index (χ0) is 11.1. The number of aromatic nitrogens is 1. The van der Waals surface area contributed by atoms with Gasteiger partial charge in [0.1, 0.15) is 5.76 Å². The number of rotatable bonds is 4. The average molecular weight is 208 g/mol. The number of nitrogens with one attached hydrogen (secondary N) is 1. The smallest absolute Gasteiger partial charge is 0.208 e. The van der Waals surface area contributed by atoms with E-state index in [0.29, 0.717) is 0 Å². The second kappa shape index (κ2) is 3.63. The fraction of sp³-hybridized carbons (Fsp3) is 0.750. The predicted molar refractivity (Wildman–Crippen MR) is 59.6 cm³/mol. The van der Waals surface area contributed by atoms with Gasteiger partial charge in [0, 0.05) is 5.54 Å². The van der Waals surface area contributed by atoms with Gasteiger partial charge in [-0.1, -0.05) is 0 Å². The van der Waals surface area contributed by atoms with Gasteiger partial charge in [-0.15, -0.1) is 0 Å². The Balaban J connectivity index is 1.92. The lowest BCUT2D eigenvalue weighted by Gasteiger charge is -2.25. The van der Waals surface area contributed by atoms with Gasteiger partial charge in [0.05, 0.1) is 12.2 Å². The molecule has 0 aromatic carbocycles. The number of hydrogen-bond acceptors (Lipinski definition) is 3. The highest BCUT2D eigenvalue weighted by atomic mass is 16.4. The minimum Gasteiger partial charge on any atom is -0.444 e. The lowest BCUT2D eigenvalue weighted by Crippen LogP contribution is -2.40. The molecule has 0 atom stereocenters. The first-order valence-corrected chi connectivity index (χ1v) is 5.67. The van der Waals surface area contributed by atoms with Gasteiger partial charge in [0.2, 0.25) is 5.89 Å². The highest BCUT2D eigenvalue weighted by molar-refractivity contribution is 5.05. The van der Waals surface area contributed by atoms with E-state index in [2.05, 4.69) is 24.1 Å². The summed E-state index contributed by atoms with van der Waals surface area (Å²) >= 11 is 0. The van der Waals surface area contributed by atoms with Crippen LogP contribution in [0, 0.1) is 19.8 Å². The molecular weight excluding hydrogens is 188 g/mol. The van der Waals surface area contributed by atoms with Crippen molar-refractivity contribution in [3.63, 3.8) is 0 Å². The Morgan fingerprint density at radius 2 is 2.07 bits per heavy atom. The van der Waals surface area contributed by atoms with Gasteiger partial charge in [-0.3, -0.25) is 0 Å². The van der Waals surface area contributed by atoms with Crippen LogP contribution in [0.3, 0.4) is 0 Å².